The number of carbonyl (C=O) groups is 1. The van der Waals surface area contributed by atoms with Gasteiger partial charge in [0, 0.05) is 12.7 Å². The van der Waals surface area contributed by atoms with Crippen LogP contribution in [0.2, 0.25) is 0 Å². The number of anilines is 1. The summed E-state index contributed by atoms with van der Waals surface area (Å²) in [5.74, 6) is 0.318. The summed E-state index contributed by atoms with van der Waals surface area (Å²) in [6.45, 7) is 2.26. The van der Waals surface area contributed by atoms with Crippen LogP contribution in [-0.4, -0.2) is 25.0 Å². The first-order chi connectivity index (χ1) is 17.2. The summed E-state index contributed by atoms with van der Waals surface area (Å²) < 4.78 is 52.0. The molecule has 6 nitrogen and oxygen atoms in total. The Hall–Kier alpha value is -3.79. The van der Waals surface area contributed by atoms with Gasteiger partial charge in [0.05, 0.1) is 31.5 Å². The summed E-state index contributed by atoms with van der Waals surface area (Å²) >= 11 is 0.683. The Balaban J connectivity index is 1.57. The fourth-order valence-electron chi connectivity index (χ4n) is 3.71. The number of hydrogen-bond acceptors (Lipinski definition) is 6. The van der Waals surface area contributed by atoms with E-state index in [0.717, 1.165) is 17.0 Å². The van der Waals surface area contributed by atoms with E-state index in [1.54, 1.807) is 37.5 Å². The van der Waals surface area contributed by atoms with Crippen LogP contribution in [0.4, 0.5) is 18.9 Å². The monoisotopic (exact) mass is 515 g/mol. The van der Waals surface area contributed by atoms with Crippen LogP contribution in [-0.2, 0) is 12.7 Å². The van der Waals surface area contributed by atoms with E-state index < -0.39 is 28.7 Å². The van der Waals surface area contributed by atoms with Crippen molar-refractivity contribution in [2.75, 3.05) is 19.1 Å². The van der Waals surface area contributed by atoms with Crippen molar-refractivity contribution < 1.29 is 27.1 Å². The zero-order valence-corrected chi connectivity index (χ0v) is 20.6. The number of nitrogens with zero attached hydrogens (tertiary/aromatic N) is 2. The second-order valence-corrected chi connectivity index (χ2v) is 9.12. The van der Waals surface area contributed by atoms with E-state index in [0.29, 0.717) is 29.2 Å². The van der Waals surface area contributed by atoms with Crippen molar-refractivity contribution in [1.29, 1.82) is 0 Å². The van der Waals surface area contributed by atoms with Crippen molar-refractivity contribution in [2.45, 2.75) is 25.7 Å². The maximum absolute atomic E-state index is 13.8. The van der Waals surface area contributed by atoms with Gasteiger partial charge in [0.25, 0.3) is 5.91 Å². The molecule has 0 bridgehead atoms. The number of nitrogens with one attached hydrogen (secondary N) is 1. The van der Waals surface area contributed by atoms with Gasteiger partial charge in [-0.1, -0.05) is 24.3 Å². The minimum Gasteiger partial charge on any atom is -0.496 e. The minimum absolute atomic E-state index is 0.0547. The molecule has 2 heterocycles. The van der Waals surface area contributed by atoms with Crippen LogP contribution in [0.25, 0.3) is 10.6 Å². The van der Waals surface area contributed by atoms with Gasteiger partial charge in [-0.25, -0.2) is 4.98 Å². The molecule has 10 heteroatoms. The Kier molecular flexibility index (Phi) is 7.35. The molecule has 4 aromatic rings. The molecule has 188 valence electrons. The number of halogens is 3. The molecule has 4 rings (SSSR count). The van der Waals surface area contributed by atoms with Crippen molar-refractivity contribution in [1.82, 2.24) is 10.3 Å². The van der Waals surface area contributed by atoms with E-state index in [1.165, 1.54) is 7.11 Å². The Morgan fingerprint density at radius 1 is 1.17 bits per heavy atom. The molecule has 1 unspecified atom stereocenters. The van der Waals surface area contributed by atoms with E-state index in [-0.39, 0.29) is 5.01 Å². The third-order valence-corrected chi connectivity index (χ3v) is 6.66. The molecule has 0 saturated carbocycles. The zero-order chi connectivity index (χ0) is 25.9. The average Bonchev–Trinajstić information content (AvgIpc) is 3.54. The van der Waals surface area contributed by atoms with Gasteiger partial charge in [-0.15, -0.1) is 11.3 Å². The number of furan rings is 1. The molecule has 1 amide bonds. The van der Waals surface area contributed by atoms with Crippen LogP contribution < -0.4 is 15.0 Å². The quantitative estimate of drug-likeness (QED) is 0.288. The molecule has 0 aliphatic heterocycles. The summed E-state index contributed by atoms with van der Waals surface area (Å²) in [5.41, 5.74) is 0.785. The van der Waals surface area contributed by atoms with E-state index in [9.17, 15) is 18.0 Å². The number of methoxy groups -OCH3 is 1. The van der Waals surface area contributed by atoms with Gasteiger partial charge in [-0.2, -0.15) is 13.2 Å². The van der Waals surface area contributed by atoms with Crippen LogP contribution in [0, 0.1) is 0 Å². The van der Waals surface area contributed by atoms with Gasteiger partial charge in [0.2, 0.25) is 0 Å². The molecule has 2 aromatic carbocycles. The predicted octanol–water partition coefficient (Wildman–Crippen LogP) is 6.56. The van der Waals surface area contributed by atoms with Gasteiger partial charge in [0.15, 0.2) is 5.69 Å². The number of alkyl halides is 3. The van der Waals surface area contributed by atoms with E-state index in [1.807, 2.05) is 48.3 Å². The number of amides is 1. The average molecular weight is 516 g/mol. The van der Waals surface area contributed by atoms with Crippen molar-refractivity contribution in [2.24, 2.45) is 0 Å². The largest absolute Gasteiger partial charge is 0.496 e. The van der Waals surface area contributed by atoms with Crippen LogP contribution in [0.3, 0.4) is 0 Å². The van der Waals surface area contributed by atoms with Crippen molar-refractivity contribution in [3.63, 3.8) is 0 Å². The van der Waals surface area contributed by atoms with E-state index in [4.69, 9.17) is 9.15 Å². The van der Waals surface area contributed by atoms with Crippen molar-refractivity contribution in [3.8, 4) is 16.3 Å². The molecule has 0 fully saturated rings. The first kappa shape index (κ1) is 25.3. The normalized spacial score (nSPS) is 12.3. The molecular weight excluding hydrogens is 491 g/mol. The summed E-state index contributed by atoms with van der Waals surface area (Å²) in [6.07, 6.45) is -3.19. The zero-order valence-electron chi connectivity index (χ0n) is 19.8. The second kappa shape index (κ2) is 10.4. The second-order valence-electron chi connectivity index (χ2n) is 8.12. The molecule has 0 spiro atoms. The highest BCUT2D eigenvalue weighted by Gasteiger charge is 2.40. The van der Waals surface area contributed by atoms with E-state index >= 15 is 0 Å². The van der Waals surface area contributed by atoms with Gasteiger partial charge in [-0.05, 0) is 48.9 Å². The summed E-state index contributed by atoms with van der Waals surface area (Å²) in [5, 5.41) is 2.75. The minimum atomic E-state index is -4.79. The third kappa shape index (κ3) is 5.54. The molecule has 36 heavy (non-hydrogen) atoms. The molecule has 1 N–H and O–H groups in total. The summed E-state index contributed by atoms with van der Waals surface area (Å²) in [7, 11) is 3.32. The Bertz CT molecular complexity index is 1340. The molecule has 0 radical (unpaired) electrons. The SMILES string of the molecule is COc1ccccc1-c1nc(C(F)(F)F)c(C(=O)NC(C)c2cccc(N(C)Cc3ccco3)c2)s1. The number of hydrogen-bond donors (Lipinski definition) is 1. The Morgan fingerprint density at radius 3 is 2.64 bits per heavy atom. The number of rotatable bonds is 8. The standard InChI is InChI=1S/C26H24F3N3O3S/c1-16(17-8-6-9-18(14-17)32(2)15-19-10-7-13-35-19)30-24(33)22-23(26(27,28)29)31-25(36-22)20-11-4-5-12-21(20)34-3/h4-14,16H,15H2,1-3H3,(H,30,33). The van der Waals surface area contributed by atoms with Crippen LogP contribution in [0.15, 0.2) is 71.3 Å². The molecular formula is C26H24F3N3O3S. The highest BCUT2D eigenvalue weighted by atomic mass is 32.1. The number of para-hydroxylation sites is 1. The van der Waals surface area contributed by atoms with Crippen LogP contribution in [0.1, 0.15) is 39.7 Å². The lowest BCUT2D eigenvalue weighted by molar-refractivity contribution is -0.141. The molecule has 0 aliphatic rings. The maximum atomic E-state index is 13.8. The van der Waals surface area contributed by atoms with Gasteiger partial charge < -0.3 is 19.4 Å². The summed E-state index contributed by atoms with van der Waals surface area (Å²) in [6, 6.07) is 17.2. The predicted molar refractivity (Wildman–Crippen MR) is 132 cm³/mol. The maximum Gasteiger partial charge on any atom is 0.435 e. The summed E-state index contributed by atoms with van der Waals surface area (Å²) in [4.78, 5) is 18.3. The number of thiazole rings is 1. The first-order valence-electron chi connectivity index (χ1n) is 11.0. The van der Waals surface area contributed by atoms with Crippen molar-refractivity contribution >= 4 is 22.9 Å². The van der Waals surface area contributed by atoms with Crippen molar-refractivity contribution in [3.05, 3.63) is 88.8 Å². The highest BCUT2D eigenvalue weighted by molar-refractivity contribution is 7.17. The molecule has 1 atom stereocenters. The number of benzene rings is 2. The van der Waals surface area contributed by atoms with Gasteiger partial charge >= 0.3 is 6.18 Å². The fourth-order valence-corrected chi connectivity index (χ4v) is 4.73. The first-order valence-corrected chi connectivity index (χ1v) is 11.8. The van der Waals surface area contributed by atoms with Crippen LogP contribution >= 0.6 is 11.3 Å². The topological polar surface area (TPSA) is 67.6 Å². The number of ether oxygens (including phenoxy) is 1. The smallest absolute Gasteiger partial charge is 0.435 e. The van der Waals surface area contributed by atoms with Crippen LogP contribution in [0.5, 0.6) is 5.75 Å². The Labute approximate surface area is 210 Å². The third-order valence-electron chi connectivity index (χ3n) is 5.57. The lowest BCUT2D eigenvalue weighted by Crippen LogP contribution is -2.28. The number of aromatic nitrogens is 1. The lowest BCUT2D eigenvalue weighted by Gasteiger charge is -2.21. The Morgan fingerprint density at radius 2 is 1.94 bits per heavy atom. The molecule has 2 aromatic heterocycles. The lowest BCUT2D eigenvalue weighted by atomic mass is 10.1. The fraction of sp³-hybridized carbons (Fsp3) is 0.231. The van der Waals surface area contributed by atoms with Gasteiger partial charge in [0.1, 0.15) is 21.4 Å². The highest BCUT2D eigenvalue weighted by Crippen LogP contribution is 2.40. The molecule has 0 saturated heterocycles. The number of carbonyl (C=O) groups excluding carboxylic acids is 1. The van der Waals surface area contributed by atoms with Gasteiger partial charge in [-0.3, -0.25) is 4.79 Å². The molecule has 0 aliphatic carbocycles. The van der Waals surface area contributed by atoms with E-state index in [2.05, 4.69) is 10.3 Å².